The van der Waals surface area contributed by atoms with Crippen molar-refractivity contribution in [3.05, 3.63) is 0 Å². The molecule has 2 fully saturated rings. The van der Waals surface area contributed by atoms with Crippen LogP contribution in [0.15, 0.2) is 0 Å². The zero-order valence-electron chi connectivity index (χ0n) is 12.0. The number of aliphatic hydroxyl groups excluding tert-OH is 8. The van der Waals surface area contributed by atoms with Gasteiger partial charge in [0.25, 0.3) is 0 Å². The summed E-state index contributed by atoms with van der Waals surface area (Å²) in [5, 5.41) is 76.5. The normalized spacial score (nSPS) is 51.7. The first kappa shape index (κ1) is 18.9. The average molecular weight is 342 g/mol. The van der Waals surface area contributed by atoms with Gasteiger partial charge in [0, 0.05) is 0 Å². The predicted octanol–water partition coefficient (Wildman–Crippen LogP) is -5.40. The summed E-state index contributed by atoms with van der Waals surface area (Å²) in [6.07, 6.45) is -15.6. The van der Waals surface area contributed by atoms with E-state index in [0.717, 1.165) is 0 Å². The minimum atomic E-state index is -1.74. The Kier molecular flexibility index (Phi) is 6.27. The standard InChI is InChI=1S/C12H22O11/c13-1-3-5(15)6(16)9(19)12(22-3)23-10-4(2-14)21-11(20)8(18)7(10)17/h3-20H,1-2H2/t3-,4+,5-,6+,7+,8+,9-,10-,11+,12-/m0/s1. The van der Waals surface area contributed by atoms with E-state index >= 15 is 0 Å². The summed E-state index contributed by atoms with van der Waals surface area (Å²) in [5.74, 6) is 0. The third-order valence-corrected chi connectivity index (χ3v) is 3.98. The van der Waals surface area contributed by atoms with Gasteiger partial charge < -0.3 is 55.1 Å². The zero-order valence-corrected chi connectivity index (χ0v) is 12.0. The van der Waals surface area contributed by atoms with E-state index in [1.165, 1.54) is 0 Å². The Morgan fingerprint density at radius 1 is 0.652 bits per heavy atom. The molecule has 8 N–H and O–H groups in total. The third kappa shape index (κ3) is 3.65. The van der Waals surface area contributed by atoms with Crippen LogP contribution in [0.5, 0.6) is 0 Å². The average Bonchev–Trinajstić information content (AvgIpc) is 2.55. The van der Waals surface area contributed by atoms with Crippen molar-refractivity contribution in [3.63, 3.8) is 0 Å². The van der Waals surface area contributed by atoms with Crippen molar-refractivity contribution in [2.75, 3.05) is 13.2 Å². The maximum atomic E-state index is 9.94. The van der Waals surface area contributed by atoms with Crippen LogP contribution in [0.25, 0.3) is 0 Å². The van der Waals surface area contributed by atoms with Gasteiger partial charge in [0.05, 0.1) is 13.2 Å². The highest BCUT2D eigenvalue weighted by Gasteiger charge is 2.50. The van der Waals surface area contributed by atoms with Crippen molar-refractivity contribution in [1.82, 2.24) is 0 Å². The molecule has 0 aromatic carbocycles. The molecule has 0 aromatic heterocycles. The molecule has 0 unspecified atom stereocenters. The maximum Gasteiger partial charge on any atom is 0.187 e. The van der Waals surface area contributed by atoms with Crippen LogP contribution in [-0.4, -0.2) is 115 Å². The Bertz CT molecular complexity index is 378. The van der Waals surface area contributed by atoms with E-state index in [2.05, 4.69) is 0 Å². The molecule has 23 heavy (non-hydrogen) atoms. The van der Waals surface area contributed by atoms with Gasteiger partial charge >= 0.3 is 0 Å². The summed E-state index contributed by atoms with van der Waals surface area (Å²) in [6, 6.07) is 0. The van der Waals surface area contributed by atoms with Gasteiger partial charge in [-0.3, -0.25) is 0 Å². The highest BCUT2D eigenvalue weighted by molar-refractivity contribution is 4.93. The number of hydrogen-bond donors (Lipinski definition) is 8. The van der Waals surface area contributed by atoms with Crippen molar-refractivity contribution in [1.29, 1.82) is 0 Å². The molecule has 0 aliphatic carbocycles. The van der Waals surface area contributed by atoms with Gasteiger partial charge in [-0.25, -0.2) is 0 Å². The summed E-state index contributed by atoms with van der Waals surface area (Å²) < 4.78 is 15.3. The highest BCUT2D eigenvalue weighted by Crippen LogP contribution is 2.28. The number of ether oxygens (including phenoxy) is 3. The van der Waals surface area contributed by atoms with Gasteiger partial charge in [-0.15, -0.1) is 0 Å². The molecular weight excluding hydrogens is 320 g/mol. The first-order valence-corrected chi connectivity index (χ1v) is 7.08. The lowest BCUT2D eigenvalue weighted by atomic mass is 9.97. The van der Waals surface area contributed by atoms with Crippen molar-refractivity contribution in [2.24, 2.45) is 0 Å². The van der Waals surface area contributed by atoms with Crippen LogP contribution >= 0.6 is 0 Å². The molecule has 0 radical (unpaired) electrons. The van der Waals surface area contributed by atoms with Crippen LogP contribution < -0.4 is 0 Å². The molecule has 11 heteroatoms. The first-order valence-electron chi connectivity index (χ1n) is 7.08. The lowest BCUT2D eigenvalue weighted by Gasteiger charge is -2.45. The van der Waals surface area contributed by atoms with E-state index in [4.69, 9.17) is 19.3 Å². The number of hydrogen-bond acceptors (Lipinski definition) is 11. The second-order valence-electron chi connectivity index (χ2n) is 5.53. The Balaban J connectivity index is 2.11. The quantitative estimate of drug-likeness (QED) is 0.243. The molecule has 0 spiro atoms. The fourth-order valence-corrected chi connectivity index (χ4v) is 2.57. The van der Waals surface area contributed by atoms with Crippen LogP contribution in [0.3, 0.4) is 0 Å². The molecule has 10 atom stereocenters. The Labute approximate surface area is 130 Å². The summed E-state index contributed by atoms with van der Waals surface area (Å²) in [6.45, 7) is -1.35. The minimum Gasteiger partial charge on any atom is -0.394 e. The van der Waals surface area contributed by atoms with Gasteiger partial charge in [-0.1, -0.05) is 0 Å². The molecule has 2 aliphatic heterocycles. The smallest absolute Gasteiger partial charge is 0.187 e. The van der Waals surface area contributed by atoms with Crippen LogP contribution in [-0.2, 0) is 14.2 Å². The van der Waals surface area contributed by atoms with Gasteiger partial charge in [0.15, 0.2) is 12.6 Å². The summed E-state index contributed by atoms with van der Waals surface area (Å²) in [7, 11) is 0. The molecule has 0 amide bonds. The molecule has 136 valence electrons. The second kappa shape index (κ2) is 7.63. The van der Waals surface area contributed by atoms with Crippen LogP contribution in [0.4, 0.5) is 0 Å². The topological polar surface area (TPSA) is 190 Å². The summed E-state index contributed by atoms with van der Waals surface area (Å²) in [5.41, 5.74) is 0. The lowest BCUT2D eigenvalue weighted by Crippen LogP contribution is -2.64. The molecule has 2 saturated heterocycles. The van der Waals surface area contributed by atoms with E-state index in [-0.39, 0.29) is 0 Å². The lowest BCUT2D eigenvalue weighted by molar-refractivity contribution is -0.355. The molecule has 2 heterocycles. The van der Waals surface area contributed by atoms with Crippen LogP contribution in [0, 0.1) is 0 Å². The molecule has 0 saturated carbocycles. The molecular formula is C12H22O11. The minimum absolute atomic E-state index is 0.667. The van der Waals surface area contributed by atoms with Gasteiger partial charge in [-0.2, -0.15) is 0 Å². The molecule has 2 rings (SSSR count). The Morgan fingerprint density at radius 3 is 1.83 bits per heavy atom. The summed E-state index contributed by atoms with van der Waals surface area (Å²) >= 11 is 0. The number of rotatable bonds is 4. The van der Waals surface area contributed by atoms with E-state index in [1.807, 2.05) is 0 Å². The van der Waals surface area contributed by atoms with Gasteiger partial charge in [0.2, 0.25) is 0 Å². The largest absolute Gasteiger partial charge is 0.394 e. The monoisotopic (exact) mass is 342 g/mol. The van der Waals surface area contributed by atoms with E-state index in [1.54, 1.807) is 0 Å². The van der Waals surface area contributed by atoms with Gasteiger partial charge in [0.1, 0.15) is 48.8 Å². The maximum absolute atomic E-state index is 9.94. The Hall–Kier alpha value is -0.440. The van der Waals surface area contributed by atoms with Crippen molar-refractivity contribution in [2.45, 2.75) is 61.4 Å². The summed E-state index contributed by atoms with van der Waals surface area (Å²) in [4.78, 5) is 0. The number of aliphatic hydroxyl groups is 8. The van der Waals surface area contributed by atoms with Crippen molar-refractivity contribution >= 4 is 0 Å². The molecule has 11 nitrogen and oxygen atoms in total. The fourth-order valence-electron chi connectivity index (χ4n) is 2.57. The van der Waals surface area contributed by atoms with Crippen LogP contribution in [0.1, 0.15) is 0 Å². The van der Waals surface area contributed by atoms with Gasteiger partial charge in [-0.05, 0) is 0 Å². The molecule has 2 aliphatic rings. The first-order chi connectivity index (χ1) is 10.8. The predicted molar refractivity (Wildman–Crippen MR) is 68.6 cm³/mol. The van der Waals surface area contributed by atoms with E-state index < -0.39 is 74.6 Å². The second-order valence-corrected chi connectivity index (χ2v) is 5.53. The van der Waals surface area contributed by atoms with Crippen LogP contribution in [0.2, 0.25) is 0 Å². The van der Waals surface area contributed by atoms with Crippen molar-refractivity contribution in [3.8, 4) is 0 Å². The zero-order chi connectivity index (χ0) is 17.3. The Morgan fingerprint density at radius 2 is 1.26 bits per heavy atom. The van der Waals surface area contributed by atoms with Crippen molar-refractivity contribution < 1.29 is 55.1 Å². The SMILES string of the molecule is OC[C@@H]1O[C@@H](O[C@@H]2[C@H](O)[C@@H](O)[C@H](O)O[C@@H]2CO)[C@@H](O)[C@H](O)[C@H]1O. The fraction of sp³-hybridized carbons (Fsp3) is 1.00. The van der Waals surface area contributed by atoms with E-state index in [9.17, 15) is 35.7 Å². The molecule has 0 bridgehead atoms. The van der Waals surface area contributed by atoms with E-state index in [0.29, 0.717) is 0 Å². The highest BCUT2D eigenvalue weighted by atomic mass is 16.7. The third-order valence-electron chi connectivity index (χ3n) is 3.98. The molecule has 0 aromatic rings.